The van der Waals surface area contributed by atoms with E-state index in [-0.39, 0.29) is 5.97 Å². The summed E-state index contributed by atoms with van der Waals surface area (Å²) in [6, 6.07) is 20.9. The number of anilines is 1. The molecule has 6 heteroatoms. The second kappa shape index (κ2) is 8.71. The van der Waals surface area contributed by atoms with E-state index < -0.39 is 6.04 Å². The Morgan fingerprint density at radius 1 is 1.10 bits per heavy atom. The van der Waals surface area contributed by atoms with Crippen LogP contribution in [0.5, 0.6) is 0 Å². The Morgan fingerprint density at radius 3 is 2.53 bits per heavy atom. The molecule has 1 N–H and O–H groups in total. The fraction of sp³-hybridized carbons (Fsp3) is 0.167. The smallest absolute Gasteiger partial charge is 0.334 e. The van der Waals surface area contributed by atoms with Crippen molar-refractivity contribution in [1.82, 2.24) is 9.38 Å². The predicted molar refractivity (Wildman–Crippen MR) is 123 cm³/mol. The highest BCUT2D eigenvalue weighted by Crippen LogP contribution is 2.32. The van der Waals surface area contributed by atoms with Crippen LogP contribution in [0.4, 0.5) is 5.69 Å². The molecule has 30 heavy (non-hydrogen) atoms. The van der Waals surface area contributed by atoms with Gasteiger partial charge >= 0.3 is 5.97 Å². The number of rotatable bonds is 6. The highest BCUT2D eigenvalue weighted by atomic mass is 79.9. The summed E-state index contributed by atoms with van der Waals surface area (Å²) >= 11 is 3.48. The van der Waals surface area contributed by atoms with E-state index in [1.165, 1.54) is 0 Å². The first kappa shape index (κ1) is 20.2. The number of hydrogen-bond donors (Lipinski definition) is 1. The Kier molecular flexibility index (Phi) is 5.86. The van der Waals surface area contributed by atoms with Crippen molar-refractivity contribution < 1.29 is 9.53 Å². The second-order valence-corrected chi connectivity index (χ2v) is 7.89. The summed E-state index contributed by atoms with van der Waals surface area (Å²) in [5.74, 6) is -0.345. The molecule has 2 aromatic heterocycles. The van der Waals surface area contributed by atoms with Crippen molar-refractivity contribution in [2.24, 2.45) is 0 Å². The molecule has 2 aromatic carbocycles. The number of pyridine rings is 1. The van der Waals surface area contributed by atoms with Crippen LogP contribution in [0, 0.1) is 6.92 Å². The largest absolute Gasteiger partial charge is 0.464 e. The lowest BCUT2D eigenvalue weighted by Gasteiger charge is -2.20. The van der Waals surface area contributed by atoms with Gasteiger partial charge in [0.05, 0.1) is 18.0 Å². The number of nitrogens with zero attached hydrogens (tertiary/aromatic N) is 2. The van der Waals surface area contributed by atoms with Crippen molar-refractivity contribution in [3.8, 4) is 11.3 Å². The van der Waals surface area contributed by atoms with Gasteiger partial charge in [-0.15, -0.1) is 0 Å². The first-order valence-corrected chi connectivity index (χ1v) is 10.6. The molecular formula is C24H22BrN3O2. The number of nitrogens with one attached hydrogen (secondary N) is 1. The Morgan fingerprint density at radius 2 is 1.83 bits per heavy atom. The maximum absolute atomic E-state index is 13.1. The van der Waals surface area contributed by atoms with Crippen molar-refractivity contribution >= 4 is 33.2 Å². The molecule has 2 heterocycles. The topological polar surface area (TPSA) is 55.6 Å². The number of halogens is 1. The van der Waals surface area contributed by atoms with Crippen molar-refractivity contribution in [2.45, 2.75) is 19.9 Å². The standard InChI is InChI=1S/C24H22BrN3O2/c1-3-30-24(29)22(26-19-13-7-16(2)8-14-19)23-21(17-9-11-18(25)12-10-17)27-20-6-4-5-15-28(20)23/h4-15,22,26H,3H2,1-2H3. The number of fused-ring (bicyclic) bond motifs is 1. The molecule has 0 radical (unpaired) electrons. The van der Waals surface area contributed by atoms with Crippen LogP contribution in [-0.4, -0.2) is 22.0 Å². The van der Waals surface area contributed by atoms with E-state index in [9.17, 15) is 4.79 Å². The van der Waals surface area contributed by atoms with Crippen molar-refractivity contribution in [2.75, 3.05) is 11.9 Å². The molecule has 4 rings (SSSR count). The SMILES string of the molecule is CCOC(=O)C(Nc1ccc(C)cc1)c1c(-c2ccc(Br)cc2)nc2ccccn12. The van der Waals surface area contributed by atoms with E-state index in [1.807, 2.05) is 91.2 Å². The molecular weight excluding hydrogens is 442 g/mol. The van der Waals surface area contributed by atoms with Crippen molar-refractivity contribution in [3.63, 3.8) is 0 Å². The number of hydrogen-bond acceptors (Lipinski definition) is 4. The second-order valence-electron chi connectivity index (χ2n) is 6.98. The summed E-state index contributed by atoms with van der Waals surface area (Å²) in [6.07, 6.45) is 1.92. The van der Waals surface area contributed by atoms with Gasteiger partial charge in [0.15, 0.2) is 6.04 Å². The molecule has 5 nitrogen and oxygen atoms in total. The van der Waals surface area contributed by atoms with E-state index in [4.69, 9.17) is 9.72 Å². The van der Waals surface area contributed by atoms with E-state index >= 15 is 0 Å². The number of imidazole rings is 1. The number of aryl methyl sites for hydroxylation is 1. The van der Waals surface area contributed by atoms with Gasteiger partial charge in [-0.05, 0) is 50.2 Å². The minimum Gasteiger partial charge on any atom is -0.464 e. The summed E-state index contributed by atoms with van der Waals surface area (Å²) in [5, 5.41) is 3.36. The molecule has 4 aromatic rings. The van der Waals surface area contributed by atoms with Gasteiger partial charge in [0.2, 0.25) is 0 Å². The molecule has 0 aliphatic rings. The molecule has 0 aliphatic carbocycles. The number of carbonyl (C=O) groups excluding carboxylic acids is 1. The molecule has 0 bridgehead atoms. The van der Waals surface area contributed by atoms with Gasteiger partial charge in [0.25, 0.3) is 0 Å². The number of carbonyl (C=O) groups is 1. The van der Waals surface area contributed by atoms with E-state index in [1.54, 1.807) is 0 Å². The van der Waals surface area contributed by atoms with Gasteiger partial charge in [-0.25, -0.2) is 9.78 Å². The Balaban J connectivity index is 1.89. The average Bonchev–Trinajstić information content (AvgIpc) is 3.13. The normalized spacial score (nSPS) is 12.0. The lowest BCUT2D eigenvalue weighted by Crippen LogP contribution is -2.25. The summed E-state index contributed by atoms with van der Waals surface area (Å²) in [5.41, 5.74) is 5.17. The zero-order valence-electron chi connectivity index (χ0n) is 16.8. The summed E-state index contributed by atoms with van der Waals surface area (Å²) in [4.78, 5) is 17.9. The molecule has 0 saturated heterocycles. The third-order valence-corrected chi connectivity index (χ3v) is 5.37. The Bertz CT molecular complexity index is 1170. The van der Waals surface area contributed by atoms with Crippen molar-refractivity contribution in [1.29, 1.82) is 0 Å². The molecule has 0 spiro atoms. The quantitative estimate of drug-likeness (QED) is 0.367. The number of benzene rings is 2. The molecule has 0 fully saturated rings. The highest BCUT2D eigenvalue weighted by Gasteiger charge is 2.29. The number of aromatic nitrogens is 2. The van der Waals surface area contributed by atoms with Gasteiger partial charge in [-0.3, -0.25) is 0 Å². The van der Waals surface area contributed by atoms with Crippen LogP contribution in [0.2, 0.25) is 0 Å². The summed E-state index contributed by atoms with van der Waals surface area (Å²) < 4.78 is 8.36. The van der Waals surface area contributed by atoms with Gasteiger partial charge in [-0.2, -0.15) is 0 Å². The number of esters is 1. The third-order valence-electron chi connectivity index (χ3n) is 4.84. The summed E-state index contributed by atoms with van der Waals surface area (Å²) in [7, 11) is 0. The van der Waals surface area contributed by atoms with Crippen LogP contribution in [0.1, 0.15) is 24.2 Å². The fourth-order valence-electron chi connectivity index (χ4n) is 3.39. The van der Waals surface area contributed by atoms with Crippen LogP contribution in [-0.2, 0) is 9.53 Å². The molecule has 0 amide bonds. The molecule has 0 saturated carbocycles. The van der Waals surface area contributed by atoms with Crippen LogP contribution in [0.3, 0.4) is 0 Å². The summed E-state index contributed by atoms with van der Waals surface area (Å²) in [6.45, 7) is 4.14. The van der Waals surface area contributed by atoms with E-state index in [2.05, 4.69) is 21.2 Å². The molecule has 1 atom stereocenters. The third kappa shape index (κ3) is 4.09. The van der Waals surface area contributed by atoms with Gasteiger partial charge in [0, 0.05) is 21.9 Å². The van der Waals surface area contributed by atoms with Gasteiger partial charge in [0.1, 0.15) is 5.65 Å². The molecule has 152 valence electrons. The lowest BCUT2D eigenvalue weighted by molar-refractivity contribution is -0.144. The fourth-order valence-corrected chi connectivity index (χ4v) is 3.66. The van der Waals surface area contributed by atoms with Gasteiger partial charge in [-0.1, -0.05) is 51.8 Å². The van der Waals surface area contributed by atoms with Crippen LogP contribution < -0.4 is 5.32 Å². The van der Waals surface area contributed by atoms with Crippen LogP contribution >= 0.6 is 15.9 Å². The monoisotopic (exact) mass is 463 g/mol. The Labute approximate surface area is 183 Å². The van der Waals surface area contributed by atoms with Crippen LogP contribution in [0.25, 0.3) is 16.9 Å². The van der Waals surface area contributed by atoms with Crippen molar-refractivity contribution in [3.05, 3.63) is 88.7 Å². The first-order valence-electron chi connectivity index (χ1n) is 9.79. The zero-order valence-corrected chi connectivity index (χ0v) is 18.4. The van der Waals surface area contributed by atoms with Crippen LogP contribution in [0.15, 0.2) is 77.4 Å². The number of ether oxygens (including phenoxy) is 1. The maximum atomic E-state index is 13.1. The van der Waals surface area contributed by atoms with Gasteiger partial charge < -0.3 is 14.5 Å². The minimum atomic E-state index is -0.719. The lowest BCUT2D eigenvalue weighted by atomic mass is 10.0. The maximum Gasteiger partial charge on any atom is 0.334 e. The predicted octanol–water partition coefficient (Wildman–Crippen LogP) is 5.79. The van der Waals surface area contributed by atoms with E-state index in [0.29, 0.717) is 6.61 Å². The zero-order chi connectivity index (χ0) is 21.1. The first-order chi connectivity index (χ1) is 14.6. The average molecular weight is 464 g/mol. The Hall–Kier alpha value is -3.12. The molecule has 0 aliphatic heterocycles. The molecule has 1 unspecified atom stereocenters. The van der Waals surface area contributed by atoms with E-state index in [0.717, 1.165) is 38.3 Å². The minimum absolute atomic E-state index is 0.301. The highest BCUT2D eigenvalue weighted by molar-refractivity contribution is 9.10.